The summed E-state index contributed by atoms with van der Waals surface area (Å²) in [7, 11) is -4.91. The zero-order chi connectivity index (χ0) is 16.7. The SMILES string of the molecule is CC1OCCC1(O)CNS(=O)(=O)c1c(F)c(F)cc(F)c1F. The summed E-state index contributed by atoms with van der Waals surface area (Å²) in [5.41, 5.74) is -1.58. The number of sulfonamides is 1. The van der Waals surface area contributed by atoms with Crippen LogP contribution in [0.15, 0.2) is 11.0 Å². The van der Waals surface area contributed by atoms with Gasteiger partial charge in [0, 0.05) is 25.6 Å². The summed E-state index contributed by atoms with van der Waals surface area (Å²) < 4.78 is 83.9. The zero-order valence-electron chi connectivity index (χ0n) is 11.4. The molecule has 1 heterocycles. The standard InChI is InChI=1S/C12H13F4NO4S/c1-6-12(18,2-3-21-6)5-17-22(19,20)11-9(15)7(13)4-8(14)10(11)16/h4,6,17-18H,2-3,5H2,1H3. The first-order chi connectivity index (χ1) is 10.1. The lowest BCUT2D eigenvalue weighted by molar-refractivity contribution is -0.0228. The maximum Gasteiger partial charge on any atom is 0.246 e. The van der Waals surface area contributed by atoms with Gasteiger partial charge in [-0.3, -0.25) is 0 Å². The van der Waals surface area contributed by atoms with E-state index in [2.05, 4.69) is 0 Å². The first-order valence-corrected chi connectivity index (χ1v) is 7.73. The van der Waals surface area contributed by atoms with Crippen molar-refractivity contribution in [1.29, 1.82) is 0 Å². The fraction of sp³-hybridized carbons (Fsp3) is 0.500. The Balaban J connectivity index is 2.32. The Morgan fingerprint density at radius 2 is 1.86 bits per heavy atom. The first kappa shape index (κ1) is 17.1. The van der Waals surface area contributed by atoms with Gasteiger partial charge in [0.2, 0.25) is 10.0 Å². The maximum absolute atomic E-state index is 13.5. The summed E-state index contributed by atoms with van der Waals surface area (Å²) in [5.74, 6) is -7.74. The van der Waals surface area contributed by atoms with Crippen LogP contribution >= 0.6 is 0 Å². The van der Waals surface area contributed by atoms with E-state index < -0.39 is 56.4 Å². The van der Waals surface area contributed by atoms with Gasteiger partial charge in [0.15, 0.2) is 28.2 Å². The van der Waals surface area contributed by atoms with E-state index in [9.17, 15) is 31.1 Å². The fourth-order valence-electron chi connectivity index (χ4n) is 2.08. The third-order valence-electron chi connectivity index (χ3n) is 3.57. The topological polar surface area (TPSA) is 75.6 Å². The summed E-state index contributed by atoms with van der Waals surface area (Å²) in [6, 6.07) is -0.0931. The molecule has 2 N–H and O–H groups in total. The normalized spacial score (nSPS) is 25.6. The van der Waals surface area contributed by atoms with Gasteiger partial charge in [-0.05, 0) is 6.92 Å². The fourth-order valence-corrected chi connectivity index (χ4v) is 3.33. The minimum absolute atomic E-state index is 0.0931. The van der Waals surface area contributed by atoms with Gasteiger partial charge in [-0.2, -0.15) is 0 Å². The smallest absolute Gasteiger partial charge is 0.246 e. The molecule has 1 fully saturated rings. The third-order valence-corrected chi connectivity index (χ3v) is 4.99. The Labute approximate surface area is 123 Å². The van der Waals surface area contributed by atoms with Gasteiger partial charge in [-0.25, -0.2) is 30.7 Å². The highest BCUT2D eigenvalue weighted by Gasteiger charge is 2.41. The molecule has 0 saturated carbocycles. The van der Waals surface area contributed by atoms with Crippen LogP contribution in [0.2, 0.25) is 0 Å². The monoisotopic (exact) mass is 343 g/mol. The largest absolute Gasteiger partial charge is 0.386 e. The van der Waals surface area contributed by atoms with Crippen LogP contribution in [0.1, 0.15) is 13.3 Å². The number of halogens is 4. The molecular formula is C12H13F4NO4S. The highest BCUT2D eigenvalue weighted by molar-refractivity contribution is 7.89. The molecule has 0 amide bonds. The van der Waals surface area contributed by atoms with Gasteiger partial charge in [0.25, 0.3) is 0 Å². The lowest BCUT2D eigenvalue weighted by atomic mass is 9.97. The molecule has 124 valence electrons. The summed E-state index contributed by atoms with van der Waals surface area (Å²) in [6.45, 7) is 1.05. The van der Waals surface area contributed by atoms with Gasteiger partial charge in [0.05, 0.1) is 6.10 Å². The van der Waals surface area contributed by atoms with E-state index in [0.29, 0.717) is 0 Å². The molecule has 1 saturated heterocycles. The number of hydrogen-bond donors (Lipinski definition) is 2. The van der Waals surface area contributed by atoms with Crippen LogP contribution < -0.4 is 4.72 Å². The molecule has 0 aliphatic carbocycles. The molecule has 2 rings (SSSR count). The quantitative estimate of drug-likeness (QED) is 0.633. The van der Waals surface area contributed by atoms with E-state index in [-0.39, 0.29) is 19.1 Å². The second-order valence-corrected chi connectivity index (χ2v) is 6.69. The molecule has 0 spiro atoms. The Hall–Kier alpha value is -1.23. The predicted molar refractivity (Wildman–Crippen MR) is 66.4 cm³/mol. The molecule has 1 aromatic rings. The zero-order valence-corrected chi connectivity index (χ0v) is 12.2. The van der Waals surface area contributed by atoms with Crippen molar-refractivity contribution in [2.24, 2.45) is 0 Å². The number of rotatable bonds is 4. The van der Waals surface area contributed by atoms with Crippen molar-refractivity contribution in [2.75, 3.05) is 13.2 Å². The van der Waals surface area contributed by atoms with E-state index in [1.165, 1.54) is 6.92 Å². The number of ether oxygens (including phenoxy) is 1. The van der Waals surface area contributed by atoms with Crippen LogP contribution in [0.25, 0.3) is 0 Å². The maximum atomic E-state index is 13.5. The molecular weight excluding hydrogens is 330 g/mol. The Morgan fingerprint density at radius 1 is 1.32 bits per heavy atom. The molecule has 1 aliphatic heterocycles. The summed E-state index contributed by atoms with van der Waals surface area (Å²) >= 11 is 0. The van der Waals surface area contributed by atoms with Gasteiger partial charge in [-0.1, -0.05) is 0 Å². The van der Waals surface area contributed by atoms with Crippen molar-refractivity contribution in [3.05, 3.63) is 29.3 Å². The molecule has 2 atom stereocenters. The number of hydrogen-bond acceptors (Lipinski definition) is 4. The minimum Gasteiger partial charge on any atom is -0.386 e. The van der Waals surface area contributed by atoms with Gasteiger partial charge < -0.3 is 9.84 Å². The van der Waals surface area contributed by atoms with Gasteiger partial charge in [0.1, 0.15) is 5.60 Å². The van der Waals surface area contributed by atoms with Crippen molar-refractivity contribution >= 4 is 10.0 Å². The molecule has 5 nitrogen and oxygen atoms in total. The molecule has 0 aromatic heterocycles. The molecule has 1 aromatic carbocycles. The van der Waals surface area contributed by atoms with Crippen LogP contribution in [0.4, 0.5) is 17.6 Å². The Morgan fingerprint density at radius 3 is 2.32 bits per heavy atom. The second kappa shape index (κ2) is 5.76. The van der Waals surface area contributed by atoms with Crippen LogP contribution in [0.3, 0.4) is 0 Å². The molecule has 22 heavy (non-hydrogen) atoms. The lowest BCUT2D eigenvalue weighted by Gasteiger charge is -2.26. The Bertz CT molecular complexity index is 671. The van der Waals surface area contributed by atoms with E-state index in [1.54, 1.807) is 4.72 Å². The van der Waals surface area contributed by atoms with Crippen molar-refractivity contribution in [2.45, 2.75) is 29.9 Å². The van der Waals surface area contributed by atoms with Crippen molar-refractivity contribution in [3.63, 3.8) is 0 Å². The molecule has 1 aliphatic rings. The minimum atomic E-state index is -4.91. The third kappa shape index (κ3) is 2.96. The number of nitrogens with one attached hydrogen (secondary N) is 1. The van der Waals surface area contributed by atoms with E-state index in [1.807, 2.05) is 0 Å². The summed E-state index contributed by atoms with van der Waals surface area (Å²) in [4.78, 5) is -1.76. The average Bonchev–Trinajstić information content (AvgIpc) is 2.75. The molecule has 2 unspecified atom stereocenters. The summed E-state index contributed by atoms with van der Waals surface area (Å²) in [5, 5.41) is 10.1. The van der Waals surface area contributed by atoms with E-state index in [4.69, 9.17) is 4.74 Å². The van der Waals surface area contributed by atoms with Crippen molar-refractivity contribution < 1.29 is 35.8 Å². The first-order valence-electron chi connectivity index (χ1n) is 6.25. The highest BCUT2D eigenvalue weighted by atomic mass is 32.2. The second-order valence-electron chi connectivity index (χ2n) is 4.99. The average molecular weight is 343 g/mol. The van der Waals surface area contributed by atoms with Crippen LogP contribution in [-0.2, 0) is 14.8 Å². The van der Waals surface area contributed by atoms with Crippen LogP contribution in [0.5, 0.6) is 0 Å². The van der Waals surface area contributed by atoms with Crippen LogP contribution in [0, 0.1) is 23.3 Å². The van der Waals surface area contributed by atoms with Crippen molar-refractivity contribution in [1.82, 2.24) is 4.72 Å². The van der Waals surface area contributed by atoms with Crippen LogP contribution in [-0.4, -0.2) is 38.4 Å². The highest BCUT2D eigenvalue weighted by Crippen LogP contribution is 2.27. The lowest BCUT2D eigenvalue weighted by Crippen LogP contribution is -2.47. The number of benzene rings is 1. The summed E-state index contributed by atoms with van der Waals surface area (Å²) in [6.07, 6.45) is -0.617. The predicted octanol–water partition coefficient (Wildman–Crippen LogP) is 1.06. The number of aliphatic hydroxyl groups is 1. The van der Waals surface area contributed by atoms with E-state index >= 15 is 0 Å². The molecule has 10 heteroatoms. The van der Waals surface area contributed by atoms with Crippen molar-refractivity contribution in [3.8, 4) is 0 Å². The molecule has 0 bridgehead atoms. The van der Waals surface area contributed by atoms with Gasteiger partial charge in [-0.15, -0.1) is 0 Å². The van der Waals surface area contributed by atoms with Gasteiger partial charge >= 0.3 is 0 Å². The molecule has 0 radical (unpaired) electrons. The Kier molecular flexibility index (Phi) is 4.49. The van der Waals surface area contributed by atoms with E-state index in [0.717, 1.165) is 0 Å².